The van der Waals surface area contributed by atoms with Crippen LogP contribution in [0.25, 0.3) is 0 Å². The van der Waals surface area contributed by atoms with Gasteiger partial charge in [0.2, 0.25) is 15.9 Å². The third-order valence-electron chi connectivity index (χ3n) is 4.47. The lowest BCUT2D eigenvalue weighted by atomic mass is 10.1. The summed E-state index contributed by atoms with van der Waals surface area (Å²) in [6, 6.07) is 11.1. The van der Waals surface area contributed by atoms with Crippen molar-refractivity contribution >= 4 is 39.1 Å². The highest BCUT2D eigenvalue weighted by Crippen LogP contribution is 2.25. The zero-order valence-electron chi connectivity index (χ0n) is 16.5. The predicted octanol–water partition coefficient (Wildman–Crippen LogP) is 4.28. The summed E-state index contributed by atoms with van der Waals surface area (Å²) in [6.45, 7) is 2.07. The highest BCUT2D eigenvalue weighted by atomic mass is 35.5. The van der Waals surface area contributed by atoms with E-state index in [1.165, 1.54) is 30.6 Å². The lowest BCUT2D eigenvalue weighted by molar-refractivity contribution is -0.121. The van der Waals surface area contributed by atoms with Gasteiger partial charge in [-0.05, 0) is 55.3 Å². The fourth-order valence-corrected chi connectivity index (χ4v) is 4.20. The summed E-state index contributed by atoms with van der Waals surface area (Å²) in [5, 5.41) is 3.76. The molecule has 1 atom stereocenters. The van der Waals surface area contributed by atoms with Gasteiger partial charge >= 0.3 is 0 Å². The van der Waals surface area contributed by atoms with Gasteiger partial charge in [0.1, 0.15) is 5.75 Å². The van der Waals surface area contributed by atoms with Crippen LogP contribution in [0.15, 0.2) is 47.4 Å². The van der Waals surface area contributed by atoms with Crippen LogP contribution in [0, 0.1) is 0 Å². The Hall–Kier alpha value is -1.80. The smallest absolute Gasteiger partial charge is 0.242 e. The lowest BCUT2D eigenvalue weighted by Gasteiger charge is -2.18. The maximum atomic E-state index is 12.6. The van der Waals surface area contributed by atoms with Gasteiger partial charge in [-0.15, -0.1) is 0 Å². The number of benzene rings is 2. The SMILES string of the molecule is COc1ccc(S(=O)(=O)N(C)CCCC(=O)NC(C)c2ccc(Cl)c(Cl)c2)cc1. The van der Waals surface area contributed by atoms with E-state index in [-0.39, 0.29) is 29.8 Å². The fourth-order valence-electron chi connectivity index (χ4n) is 2.69. The Bertz CT molecular complexity index is 949. The number of sulfonamides is 1. The molecule has 0 bridgehead atoms. The van der Waals surface area contributed by atoms with Crippen LogP contribution < -0.4 is 10.1 Å². The molecule has 2 rings (SSSR count). The van der Waals surface area contributed by atoms with Gasteiger partial charge in [0.25, 0.3) is 0 Å². The number of ether oxygens (including phenoxy) is 1. The molecule has 1 N–H and O–H groups in total. The minimum absolute atomic E-state index is 0.168. The van der Waals surface area contributed by atoms with Gasteiger partial charge in [0.05, 0.1) is 28.1 Å². The molecular formula is C20H24Cl2N2O4S. The maximum absolute atomic E-state index is 12.6. The van der Waals surface area contributed by atoms with Gasteiger partial charge in [-0.25, -0.2) is 12.7 Å². The molecule has 0 spiro atoms. The second-order valence-corrected chi connectivity index (χ2v) is 9.43. The molecule has 0 aliphatic rings. The minimum Gasteiger partial charge on any atom is -0.497 e. The second-order valence-electron chi connectivity index (χ2n) is 6.57. The summed E-state index contributed by atoms with van der Waals surface area (Å²) >= 11 is 11.9. The fraction of sp³-hybridized carbons (Fsp3) is 0.350. The summed E-state index contributed by atoms with van der Waals surface area (Å²) in [6.07, 6.45) is 0.597. The molecule has 1 unspecified atom stereocenters. The number of hydrogen-bond donors (Lipinski definition) is 1. The van der Waals surface area contributed by atoms with Crippen LogP contribution in [-0.2, 0) is 14.8 Å². The lowest BCUT2D eigenvalue weighted by Crippen LogP contribution is -2.30. The molecule has 2 aromatic carbocycles. The Morgan fingerprint density at radius 2 is 1.79 bits per heavy atom. The van der Waals surface area contributed by atoms with Gasteiger partial charge in [-0.2, -0.15) is 0 Å². The Morgan fingerprint density at radius 3 is 2.38 bits per heavy atom. The summed E-state index contributed by atoms with van der Waals surface area (Å²) in [5.74, 6) is 0.415. The number of amides is 1. The minimum atomic E-state index is -3.62. The van der Waals surface area contributed by atoms with E-state index in [1.807, 2.05) is 6.92 Å². The number of halogens is 2. The molecule has 0 saturated carbocycles. The van der Waals surface area contributed by atoms with Crippen LogP contribution in [0.2, 0.25) is 10.0 Å². The van der Waals surface area contributed by atoms with Gasteiger partial charge in [0, 0.05) is 20.0 Å². The van der Waals surface area contributed by atoms with Crippen LogP contribution in [-0.4, -0.2) is 39.3 Å². The van der Waals surface area contributed by atoms with E-state index in [4.69, 9.17) is 27.9 Å². The molecule has 0 aromatic heterocycles. The average Bonchev–Trinajstić information content (AvgIpc) is 2.69. The molecule has 0 radical (unpaired) electrons. The monoisotopic (exact) mass is 458 g/mol. The Balaban J connectivity index is 1.85. The van der Waals surface area contributed by atoms with E-state index in [0.29, 0.717) is 22.2 Å². The van der Waals surface area contributed by atoms with E-state index in [9.17, 15) is 13.2 Å². The van der Waals surface area contributed by atoms with Crippen molar-refractivity contribution in [3.05, 3.63) is 58.1 Å². The van der Waals surface area contributed by atoms with E-state index < -0.39 is 10.0 Å². The maximum Gasteiger partial charge on any atom is 0.242 e. The van der Waals surface area contributed by atoms with Gasteiger partial charge in [-0.1, -0.05) is 29.3 Å². The average molecular weight is 459 g/mol. The predicted molar refractivity (Wildman–Crippen MR) is 115 cm³/mol. The molecule has 29 heavy (non-hydrogen) atoms. The molecule has 0 fully saturated rings. The first-order valence-electron chi connectivity index (χ1n) is 9.00. The van der Waals surface area contributed by atoms with Crippen molar-refractivity contribution in [3.63, 3.8) is 0 Å². The third kappa shape index (κ3) is 6.34. The Morgan fingerprint density at radius 1 is 1.14 bits per heavy atom. The Labute approximate surface area is 181 Å². The summed E-state index contributed by atoms with van der Waals surface area (Å²) in [7, 11) is -0.605. The number of nitrogens with zero attached hydrogens (tertiary/aromatic N) is 1. The van der Waals surface area contributed by atoms with Gasteiger partial charge in [-0.3, -0.25) is 4.79 Å². The number of carbonyl (C=O) groups excluding carboxylic acids is 1. The first-order valence-corrected chi connectivity index (χ1v) is 11.2. The van der Waals surface area contributed by atoms with Crippen molar-refractivity contribution in [2.75, 3.05) is 20.7 Å². The molecular weight excluding hydrogens is 435 g/mol. The normalized spacial score (nSPS) is 12.6. The van der Waals surface area contributed by atoms with E-state index in [2.05, 4.69) is 5.32 Å². The molecule has 0 aliphatic heterocycles. The van der Waals surface area contributed by atoms with E-state index >= 15 is 0 Å². The zero-order chi connectivity index (χ0) is 21.6. The van der Waals surface area contributed by atoms with Crippen molar-refractivity contribution in [3.8, 4) is 5.75 Å². The first-order chi connectivity index (χ1) is 13.6. The number of rotatable bonds is 9. The highest BCUT2D eigenvalue weighted by molar-refractivity contribution is 7.89. The molecule has 9 heteroatoms. The molecule has 0 saturated heterocycles. The molecule has 6 nitrogen and oxygen atoms in total. The first kappa shape index (κ1) is 23.5. The van der Waals surface area contributed by atoms with Crippen molar-refractivity contribution in [2.24, 2.45) is 0 Å². The van der Waals surface area contributed by atoms with Crippen LogP contribution in [0.1, 0.15) is 31.4 Å². The number of nitrogens with one attached hydrogen (secondary N) is 1. The largest absolute Gasteiger partial charge is 0.497 e. The molecule has 0 aliphatic carbocycles. The van der Waals surface area contributed by atoms with Crippen molar-refractivity contribution in [1.82, 2.24) is 9.62 Å². The number of carbonyl (C=O) groups is 1. The quantitative estimate of drug-likeness (QED) is 0.608. The van der Waals surface area contributed by atoms with Crippen molar-refractivity contribution in [1.29, 1.82) is 0 Å². The summed E-state index contributed by atoms with van der Waals surface area (Å²) in [4.78, 5) is 12.4. The van der Waals surface area contributed by atoms with Crippen LogP contribution in [0.5, 0.6) is 5.75 Å². The molecule has 1 amide bonds. The third-order valence-corrected chi connectivity index (χ3v) is 7.08. The zero-order valence-corrected chi connectivity index (χ0v) is 18.8. The van der Waals surface area contributed by atoms with Crippen LogP contribution in [0.3, 0.4) is 0 Å². The Kier molecular flexibility index (Phi) is 8.34. The highest BCUT2D eigenvalue weighted by Gasteiger charge is 2.21. The standard InChI is InChI=1S/C20H24Cl2N2O4S/c1-14(15-6-11-18(21)19(22)13-15)23-20(25)5-4-12-24(2)29(26,27)17-9-7-16(28-3)8-10-17/h6-11,13-14H,4-5,12H2,1-3H3,(H,23,25). The molecule has 158 valence electrons. The number of hydrogen-bond acceptors (Lipinski definition) is 4. The van der Waals surface area contributed by atoms with Gasteiger partial charge < -0.3 is 10.1 Å². The van der Waals surface area contributed by atoms with Crippen LogP contribution in [0.4, 0.5) is 0 Å². The van der Waals surface area contributed by atoms with E-state index in [1.54, 1.807) is 30.3 Å². The molecule has 2 aromatic rings. The molecule has 0 heterocycles. The second kappa shape index (κ2) is 10.3. The summed E-state index contributed by atoms with van der Waals surface area (Å²) < 4.78 is 31.5. The van der Waals surface area contributed by atoms with E-state index in [0.717, 1.165) is 5.56 Å². The van der Waals surface area contributed by atoms with Gasteiger partial charge in [0.15, 0.2) is 0 Å². The van der Waals surface area contributed by atoms with Crippen molar-refractivity contribution < 1.29 is 17.9 Å². The van der Waals surface area contributed by atoms with Crippen molar-refractivity contribution in [2.45, 2.75) is 30.7 Å². The number of methoxy groups -OCH3 is 1. The topological polar surface area (TPSA) is 75.7 Å². The van der Waals surface area contributed by atoms with Crippen LogP contribution >= 0.6 is 23.2 Å². The summed E-state index contributed by atoms with van der Waals surface area (Å²) in [5.41, 5.74) is 0.840.